The summed E-state index contributed by atoms with van der Waals surface area (Å²) in [6, 6.07) is 1.66. The third-order valence-corrected chi connectivity index (χ3v) is 6.99. The summed E-state index contributed by atoms with van der Waals surface area (Å²) in [7, 11) is 1.69. The zero-order valence-electron chi connectivity index (χ0n) is 19.0. The van der Waals surface area contributed by atoms with E-state index in [1.807, 2.05) is 4.90 Å². The maximum absolute atomic E-state index is 13.7. The molecule has 0 bridgehead atoms. The molecule has 10 nitrogen and oxygen atoms in total. The molecule has 0 aromatic carbocycles. The summed E-state index contributed by atoms with van der Waals surface area (Å²) in [5.74, 6) is 0.355. The average Bonchev–Trinajstić information content (AvgIpc) is 2.83. The molecular formula is C22H36N6O4. The van der Waals surface area contributed by atoms with Crippen molar-refractivity contribution in [2.24, 2.45) is 10.9 Å². The van der Waals surface area contributed by atoms with E-state index in [-0.39, 0.29) is 11.9 Å². The smallest absolute Gasteiger partial charge is 0.411 e. The van der Waals surface area contributed by atoms with Gasteiger partial charge in [0.25, 0.3) is 0 Å². The summed E-state index contributed by atoms with van der Waals surface area (Å²) < 4.78 is 5.39. The van der Waals surface area contributed by atoms with Gasteiger partial charge < -0.3 is 25.0 Å². The van der Waals surface area contributed by atoms with E-state index < -0.39 is 17.7 Å². The first kappa shape index (κ1) is 24.3. The van der Waals surface area contributed by atoms with Crippen molar-refractivity contribution in [1.82, 2.24) is 20.4 Å². The minimum atomic E-state index is -1.21. The second-order valence-electron chi connectivity index (χ2n) is 9.03. The van der Waals surface area contributed by atoms with Gasteiger partial charge in [0.05, 0.1) is 19.3 Å². The van der Waals surface area contributed by atoms with Crippen LogP contribution in [-0.4, -0.2) is 90.9 Å². The van der Waals surface area contributed by atoms with Crippen molar-refractivity contribution in [3.8, 4) is 6.07 Å². The molecule has 1 atom stereocenters. The standard InChI is InChI=1S/C22H36N6O4/c1-27(22(16-23)7-9-24-10-8-22)19(29)18(15-17-5-3-2-4-6-17)25-20(26-21(30)31)28-11-13-32-14-12-28/h17-18,24H,2-15H2,1H3,(H,25,26)(H,30,31). The fourth-order valence-electron chi connectivity index (χ4n) is 4.96. The van der Waals surface area contributed by atoms with E-state index in [9.17, 15) is 20.0 Å². The number of hydrogen-bond donors (Lipinski definition) is 3. The molecule has 1 aliphatic carbocycles. The van der Waals surface area contributed by atoms with Gasteiger partial charge in [-0.3, -0.25) is 10.1 Å². The third-order valence-electron chi connectivity index (χ3n) is 6.99. The Labute approximate surface area is 190 Å². The summed E-state index contributed by atoms with van der Waals surface area (Å²) in [4.78, 5) is 33.3. The van der Waals surface area contributed by atoms with Crippen LogP contribution >= 0.6 is 0 Å². The van der Waals surface area contributed by atoms with Crippen LogP contribution in [0.4, 0.5) is 4.79 Å². The van der Waals surface area contributed by atoms with E-state index in [4.69, 9.17) is 9.73 Å². The number of rotatable bonds is 5. The first-order valence-electron chi connectivity index (χ1n) is 11.8. The van der Waals surface area contributed by atoms with Crippen LogP contribution in [0.25, 0.3) is 0 Å². The molecule has 1 unspecified atom stereocenters. The molecule has 0 aromatic rings. The number of amides is 2. The number of piperidine rings is 1. The van der Waals surface area contributed by atoms with Gasteiger partial charge in [-0.15, -0.1) is 0 Å². The summed E-state index contributed by atoms with van der Waals surface area (Å²) in [5.41, 5.74) is -0.859. The highest BCUT2D eigenvalue weighted by Gasteiger charge is 2.41. The highest BCUT2D eigenvalue weighted by molar-refractivity contribution is 5.95. The number of aliphatic imine (C=N–C) groups is 1. The molecule has 0 spiro atoms. The zero-order chi connectivity index (χ0) is 23.0. The summed E-state index contributed by atoms with van der Waals surface area (Å²) >= 11 is 0. The van der Waals surface area contributed by atoms with Crippen molar-refractivity contribution in [1.29, 1.82) is 5.26 Å². The lowest BCUT2D eigenvalue weighted by molar-refractivity contribution is -0.136. The number of ether oxygens (including phenoxy) is 1. The lowest BCUT2D eigenvalue weighted by atomic mass is 9.83. The van der Waals surface area contributed by atoms with E-state index in [1.165, 1.54) is 6.42 Å². The van der Waals surface area contributed by atoms with Crippen molar-refractivity contribution in [2.45, 2.75) is 62.9 Å². The second-order valence-corrected chi connectivity index (χ2v) is 9.03. The van der Waals surface area contributed by atoms with Gasteiger partial charge in [-0.1, -0.05) is 32.1 Å². The number of hydrogen-bond acceptors (Lipinski definition) is 6. The first-order valence-corrected chi connectivity index (χ1v) is 11.8. The summed E-state index contributed by atoms with van der Waals surface area (Å²) in [6.07, 6.45) is 6.08. The van der Waals surface area contributed by atoms with Gasteiger partial charge in [-0.25, -0.2) is 9.79 Å². The minimum absolute atomic E-state index is 0.194. The Morgan fingerprint density at radius 3 is 2.53 bits per heavy atom. The molecule has 3 N–H and O–H groups in total. The van der Waals surface area contributed by atoms with Gasteiger partial charge in [0.2, 0.25) is 11.9 Å². The molecule has 3 rings (SSSR count). The Hall–Kier alpha value is -2.38. The van der Waals surface area contributed by atoms with Crippen LogP contribution in [0.1, 0.15) is 51.4 Å². The quantitative estimate of drug-likeness (QED) is 0.428. The molecule has 2 amide bonds. The Balaban J connectivity index is 1.88. The maximum Gasteiger partial charge on any atom is 0.411 e. The van der Waals surface area contributed by atoms with Crippen LogP contribution in [0.2, 0.25) is 0 Å². The molecule has 3 fully saturated rings. The molecule has 2 saturated heterocycles. The van der Waals surface area contributed by atoms with Gasteiger partial charge in [0, 0.05) is 20.1 Å². The molecule has 2 heterocycles. The number of carbonyl (C=O) groups excluding carboxylic acids is 1. The normalized spacial score (nSPS) is 23.1. The van der Waals surface area contributed by atoms with Crippen molar-refractivity contribution in [2.75, 3.05) is 46.4 Å². The summed E-state index contributed by atoms with van der Waals surface area (Å²) in [5, 5.41) is 25.0. The number of likely N-dealkylation sites (N-methyl/N-ethyl adjacent to an activating group) is 1. The lowest BCUT2D eigenvalue weighted by Crippen LogP contribution is -2.57. The molecule has 32 heavy (non-hydrogen) atoms. The first-order chi connectivity index (χ1) is 15.4. The van der Waals surface area contributed by atoms with E-state index in [0.29, 0.717) is 64.6 Å². The Morgan fingerprint density at radius 2 is 1.94 bits per heavy atom. The molecule has 10 heteroatoms. The molecular weight excluding hydrogens is 412 g/mol. The van der Waals surface area contributed by atoms with Crippen LogP contribution < -0.4 is 10.6 Å². The molecule has 178 valence electrons. The largest absolute Gasteiger partial charge is 0.465 e. The Morgan fingerprint density at radius 1 is 1.28 bits per heavy atom. The third kappa shape index (κ3) is 6.11. The van der Waals surface area contributed by atoms with Crippen LogP contribution in [0, 0.1) is 17.2 Å². The predicted molar refractivity (Wildman–Crippen MR) is 119 cm³/mol. The zero-order valence-corrected chi connectivity index (χ0v) is 19.0. The number of nitriles is 1. The van der Waals surface area contributed by atoms with Crippen LogP contribution in [-0.2, 0) is 9.53 Å². The molecule has 0 radical (unpaired) electrons. The molecule has 0 aromatic heterocycles. The number of guanidine groups is 1. The van der Waals surface area contributed by atoms with E-state index in [1.54, 1.807) is 11.9 Å². The number of carboxylic acid groups (broad SMARTS) is 1. The maximum atomic E-state index is 13.7. The average molecular weight is 449 g/mol. The van der Waals surface area contributed by atoms with Crippen molar-refractivity contribution < 1.29 is 19.4 Å². The van der Waals surface area contributed by atoms with Crippen molar-refractivity contribution >= 4 is 18.0 Å². The molecule has 2 aliphatic heterocycles. The summed E-state index contributed by atoms with van der Waals surface area (Å²) in [6.45, 7) is 3.33. The lowest BCUT2D eigenvalue weighted by Gasteiger charge is -2.41. The highest BCUT2D eigenvalue weighted by Crippen LogP contribution is 2.31. The molecule has 1 saturated carbocycles. The number of carbonyl (C=O) groups is 2. The number of nitrogens with zero attached hydrogens (tertiary/aromatic N) is 4. The number of nitrogens with one attached hydrogen (secondary N) is 2. The second kappa shape index (κ2) is 11.5. The predicted octanol–water partition coefficient (Wildman–Crippen LogP) is 1.39. The van der Waals surface area contributed by atoms with Crippen LogP contribution in [0.5, 0.6) is 0 Å². The monoisotopic (exact) mass is 448 g/mol. The SMILES string of the molecule is CN(C(=O)C(CC1CCCCC1)N=C(NC(=O)O)N1CCOCC1)C1(C#N)CCNCC1. The Kier molecular flexibility index (Phi) is 8.70. The van der Waals surface area contributed by atoms with E-state index in [2.05, 4.69) is 16.7 Å². The van der Waals surface area contributed by atoms with Gasteiger partial charge in [-0.05, 0) is 38.3 Å². The van der Waals surface area contributed by atoms with Crippen molar-refractivity contribution in [3.63, 3.8) is 0 Å². The highest BCUT2D eigenvalue weighted by atomic mass is 16.5. The van der Waals surface area contributed by atoms with Gasteiger partial charge >= 0.3 is 6.09 Å². The van der Waals surface area contributed by atoms with E-state index in [0.717, 1.165) is 25.7 Å². The fraction of sp³-hybridized carbons (Fsp3) is 0.818. The number of morpholine rings is 1. The van der Waals surface area contributed by atoms with Gasteiger partial charge in [0.15, 0.2) is 0 Å². The minimum Gasteiger partial charge on any atom is -0.465 e. The van der Waals surface area contributed by atoms with Gasteiger partial charge in [-0.2, -0.15) is 5.26 Å². The van der Waals surface area contributed by atoms with E-state index >= 15 is 0 Å². The fourth-order valence-corrected chi connectivity index (χ4v) is 4.96. The Bertz CT molecular complexity index is 718. The molecule has 3 aliphatic rings. The van der Waals surface area contributed by atoms with Gasteiger partial charge in [0.1, 0.15) is 11.6 Å². The topological polar surface area (TPSA) is 130 Å². The van der Waals surface area contributed by atoms with Crippen LogP contribution in [0.15, 0.2) is 4.99 Å². The van der Waals surface area contributed by atoms with Crippen LogP contribution in [0.3, 0.4) is 0 Å². The van der Waals surface area contributed by atoms with Crippen molar-refractivity contribution in [3.05, 3.63) is 0 Å².